The summed E-state index contributed by atoms with van der Waals surface area (Å²) in [6, 6.07) is 10.2. The lowest BCUT2D eigenvalue weighted by atomic mass is 10.0. The molecule has 1 saturated heterocycles. The Balaban J connectivity index is 2.03. The molecule has 100 valence electrons. The van der Waals surface area contributed by atoms with Crippen LogP contribution in [0.25, 0.3) is 0 Å². The number of anilines is 1. The molecule has 2 heteroatoms. The van der Waals surface area contributed by atoms with Crippen molar-refractivity contribution in [1.82, 2.24) is 5.32 Å². The lowest BCUT2D eigenvalue weighted by molar-refractivity contribution is 0.394. The Kier molecular flexibility index (Phi) is 4.65. The molecule has 0 bridgehead atoms. The second-order valence-corrected chi connectivity index (χ2v) is 5.63. The third-order valence-electron chi connectivity index (χ3n) is 3.67. The number of benzene rings is 1. The minimum Gasteiger partial charge on any atom is -0.370 e. The summed E-state index contributed by atoms with van der Waals surface area (Å²) in [5.41, 5.74) is 2.83. The molecule has 0 aromatic heterocycles. The molecule has 2 nitrogen and oxygen atoms in total. The quantitative estimate of drug-likeness (QED) is 0.877. The highest BCUT2D eigenvalue weighted by molar-refractivity contribution is 5.49. The van der Waals surface area contributed by atoms with E-state index in [9.17, 15) is 0 Å². The fourth-order valence-electron chi connectivity index (χ4n) is 2.79. The standard InChI is InChI=1S/C16H26N2/c1-4-14-7-5-9-16(11-14)18-10-6-8-15(12-18)17-13(2)3/h5,7,9,11,13,15,17H,4,6,8,10,12H2,1-3H3. The minimum absolute atomic E-state index is 0.580. The van der Waals surface area contributed by atoms with Crippen molar-refractivity contribution in [3.05, 3.63) is 29.8 Å². The van der Waals surface area contributed by atoms with Crippen LogP contribution in [0.15, 0.2) is 24.3 Å². The Labute approximate surface area is 111 Å². The maximum atomic E-state index is 3.67. The number of hydrogen-bond donors (Lipinski definition) is 1. The second kappa shape index (κ2) is 6.24. The van der Waals surface area contributed by atoms with E-state index in [0.29, 0.717) is 12.1 Å². The van der Waals surface area contributed by atoms with E-state index in [-0.39, 0.29) is 0 Å². The number of rotatable bonds is 4. The van der Waals surface area contributed by atoms with Crippen LogP contribution in [0.2, 0.25) is 0 Å². The van der Waals surface area contributed by atoms with Gasteiger partial charge in [-0.1, -0.05) is 32.9 Å². The number of hydrogen-bond acceptors (Lipinski definition) is 2. The Morgan fingerprint density at radius 1 is 1.39 bits per heavy atom. The van der Waals surface area contributed by atoms with Crippen LogP contribution in [0.4, 0.5) is 5.69 Å². The molecule has 1 N–H and O–H groups in total. The van der Waals surface area contributed by atoms with Crippen LogP contribution in [0.5, 0.6) is 0 Å². The lowest BCUT2D eigenvalue weighted by Gasteiger charge is -2.36. The molecular weight excluding hydrogens is 220 g/mol. The zero-order chi connectivity index (χ0) is 13.0. The van der Waals surface area contributed by atoms with Gasteiger partial charge in [0.05, 0.1) is 0 Å². The summed E-state index contributed by atoms with van der Waals surface area (Å²) in [6.45, 7) is 9.03. The predicted molar refractivity (Wildman–Crippen MR) is 79.3 cm³/mol. The van der Waals surface area contributed by atoms with E-state index in [0.717, 1.165) is 13.0 Å². The average Bonchev–Trinajstić information content (AvgIpc) is 2.38. The van der Waals surface area contributed by atoms with Crippen LogP contribution in [-0.2, 0) is 6.42 Å². The van der Waals surface area contributed by atoms with Crippen molar-refractivity contribution < 1.29 is 0 Å². The lowest BCUT2D eigenvalue weighted by Crippen LogP contribution is -2.47. The summed E-state index contributed by atoms with van der Waals surface area (Å²) in [5.74, 6) is 0. The predicted octanol–water partition coefficient (Wildman–Crippen LogP) is 3.22. The Bertz CT molecular complexity index is 373. The Morgan fingerprint density at radius 3 is 2.94 bits per heavy atom. The van der Waals surface area contributed by atoms with Gasteiger partial charge in [0.1, 0.15) is 0 Å². The van der Waals surface area contributed by atoms with Gasteiger partial charge in [0.25, 0.3) is 0 Å². The van der Waals surface area contributed by atoms with Gasteiger partial charge in [-0.2, -0.15) is 0 Å². The second-order valence-electron chi connectivity index (χ2n) is 5.63. The van der Waals surface area contributed by atoms with Crippen LogP contribution < -0.4 is 10.2 Å². The molecule has 1 aliphatic rings. The van der Waals surface area contributed by atoms with Crippen LogP contribution in [0.1, 0.15) is 39.2 Å². The Morgan fingerprint density at radius 2 is 2.22 bits per heavy atom. The largest absolute Gasteiger partial charge is 0.370 e. The minimum atomic E-state index is 0.580. The molecule has 1 aromatic rings. The average molecular weight is 246 g/mol. The smallest absolute Gasteiger partial charge is 0.0369 e. The van der Waals surface area contributed by atoms with Gasteiger partial charge in [0, 0.05) is 30.9 Å². The molecule has 0 spiro atoms. The van der Waals surface area contributed by atoms with Crippen LogP contribution in [-0.4, -0.2) is 25.2 Å². The van der Waals surface area contributed by atoms with Crippen LogP contribution in [0.3, 0.4) is 0 Å². The first-order valence-electron chi connectivity index (χ1n) is 7.29. The topological polar surface area (TPSA) is 15.3 Å². The van der Waals surface area contributed by atoms with E-state index < -0.39 is 0 Å². The first-order chi connectivity index (χ1) is 8.69. The molecule has 2 rings (SSSR count). The molecule has 18 heavy (non-hydrogen) atoms. The van der Waals surface area contributed by atoms with Gasteiger partial charge in [0.2, 0.25) is 0 Å². The summed E-state index contributed by atoms with van der Waals surface area (Å²) in [6.07, 6.45) is 3.72. The van der Waals surface area contributed by atoms with Crippen molar-refractivity contribution in [2.45, 2.75) is 52.1 Å². The van der Waals surface area contributed by atoms with Crippen molar-refractivity contribution in [3.63, 3.8) is 0 Å². The highest BCUT2D eigenvalue weighted by Crippen LogP contribution is 2.21. The maximum Gasteiger partial charge on any atom is 0.0369 e. The molecule has 1 fully saturated rings. The van der Waals surface area contributed by atoms with Crippen molar-refractivity contribution >= 4 is 5.69 Å². The fourth-order valence-corrected chi connectivity index (χ4v) is 2.79. The molecule has 0 aliphatic carbocycles. The van der Waals surface area contributed by atoms with Crippen molar-refractivity contribution in [2.24, 2.45) is 0 Å². The molecule has 0 radical (unpaired) electrons. The monoisotopic (exact) mass is 246 g/mol. The third kappa shape index (κ3) is 3.49. The molecular formula is C16H26N2. The third-order valence-corrected chi connectivity index (χ3v) is 3.67. The molecule has 0 amide bonds. The number of aryl methyl sites for hydroxylation is 1. The number of piperidine rings is 1. The molecule has 0 saturated carbocycles. The zero-order valence-corrected chi connectivity index (χ0v) is 11.9. The van der Waals surface area contributed by atoms with Crippen molar-refractivity contribution in [2.75, 3.05) is 18.0 Å². The molecule has 1 heterocycles. The summed E-state index contributed by atoms with van der Waals surface area (Å²) in [4.78, 5) is 2.53. The summed E-state index contributed by atoms with van der Waals surface area (Å²) < 4.78 is 0. The Hall–Kier alpha value is -1.02. The molecule has 1 atom stereocenters. The number of nitrogens with one attached hydrogen (secondary N) is 1. The van der Waals surface area contributed by atoms with Crippen LogP contribution in [0, 0.1) is 0 Å². The molecule has 1 aromatic carbocycles. The molecule has 1 aliphatic heterocycles. The molecule has 1 unspecified atom stereocenters. The van der Waals surface area contributed by atoms with E-state index in [1.54, 1.807) is 0 Å². The number of nitrogens with zero attached hydrogens (tertiary/aromatic N) is 1. The van der Waals surface area contributed by atoms with Crippen LogP contribution >= 0.6 is 0 Å². The highest BCUT2D eigenvalue weighted by atomic mass is 15.2. The van der Waals surface area contributed by atoms with E-state index in [1.807, 2.05) is 0 Å². The van der Waals surface area contributed by atoms with E-state index in [4.69, 9.17) is 0 Å². The normalized spacial score (nSPS) is 20.4. The maximum absolute atomic E-state index is 3.67. The van der Waals surface area contributed by atoms with Gasteiger partial charge >= 0.3 is 0 Å². The van der Waals surface area contributed by atoms with Gasteiger partial charge < -0.3 is 10.2 Å². The first kappa shape index (κ1) is 13.4. The zero-order valence-electron chi connectivity index (χ0n) is 11.9. The van der Waals surface area contributed by atoms with E-state index in [1.165, 1.54) is 30.6 Å². The van der Waals surface area contributed by atoms with E-state index in [2.05, 4.69) is 55.3 Å². The van der Waals surface area contributed by atoms with Crippen molar-refractivity contribution in [3.8, 4) is 0 Å². The summed E-state index contributed by atoms with van der Waals surface area (Å²) in [7, 11) is 0. The van der Waals surface area contributed by atoms with Gasteiger partial charge in [0.15, 0.2) is 0 Å². The summed E-state index contributed by atoms with van der Waals surface area (Å²) >= 11 is 0. The van der Waals surface area contributed by atoms with Gasteiger partial charge in [-0.15, -0.1) is 0 Å². The van der Waals surface area contributed by atoms with Crippen molar-refractivity contribution in [1.29, 1.82) is 0 Å². The van der Waals surface area contributed by atoms with Gasteiger partial charge in [-0.3, -0.25) is 0 Å². The fraction of sp³-hybridized carbons (Fsp3) is 0.625. The van der Waals surface area contributed by atoms with Gasteiger partial charge in [-0.05, 0) is 37.0 Å². The first-order valence-corrected chi connectivity index (χ1v) is 7.29. The van der Waals surface area contributed by atoms with E-state index >= 15 is 0 Å². The SMILES string of the molecule is CCc1cccc(N2CCCC(NC(C)C)C2)c1. The van der Waals surface area contributed by atoms with Gasteiger partial charge in [-0.25, -0.2) is 0 Å². The summed E-state index contributed by atoms with van der Waals surface area (Å²) in [5, 5.41) is 3.67. The highest BCUT2D eigenvalue weighted by Gasteiger charge is 2.20.